The van der Waals surface area contributed by atoms with Gasteiger partial charge in [0.1, 0.15) is 11.9 Å². The SMILES string of the molecule is COc1cccc(COC(C)C(=O)N2CCN(C(=O)c3ccc(C)cc3)CC2)c1. The van der Waals surface area contributed by atoms with Gasteiger partial charge in [-0.2, -0.15) is 0 Å². The summed E-state index contributed by atoms with van der Waals surface area (Å²) in [5, 5.41) is 0. The van der Waals surface area contributed by atoms with E-state index in [2.05, 4.69) is 0 Å². The van der Waals surface area contributed by atoms with Crippen molar-refractivity contribution >= 4 is 11.8 Å². The van der Waals surface area contributed by atoms with Gasteiger partial charge in [0.2, 0.25) is 0 Å². The van der Waals surface area contributed by atoms with Crippen LogP contribution in [-0.2, 0) is 16.1 Å². The second-order valence-corrected chi connectivity index (χ2v) is 7.29. The minimum atomic E-state index is -0.541. The second-order valence-electron chi connectivity index (χ2n) is 7.29. The van der Waals surface area contributed by atoms with Gasteiger partial charge in [-0.25, -0.2) is 0 Å². The van der Waals surface area contributed by atoms with Crippen LogP contribution in [0.15, 0.2) is 48.5 Å². The Morgan fingerprint density at radius 1 is 1.00 bits per heavy atom. The summed E-state index contributed by atoms with van der Waals surface area (Å²) < 4.78 is 11.0. The van der Waals surface area contributed by atoms with E-state index in [4.69, 9.17) is 9.47 Å². The molecule has 0 spiro atoms. The van der Waals surface area contributed by atoms with E-state index < -0.39 is 6.10 Å². The maximum absolute atomic E-state index is 12.7. The summed E-state index contributed by atoms with van der Waals surface area (Å²) in [6.07, 6.45) is -0.541. The summed E-state index contributed by atoms with van der Waals surface area (Å²) in [6, 6.07) is 15.2. The van der Waals surface area contributed by atoms with E-state index in [1.165, 1.54) is 0 Å². The first-order chi connectivity index (χ1) is 14.0. The van der Waals surface area contributed by atoms with E-state index in [0.29, 0.717) is 38.3 Å². The Hall–Kier alpha value is -2.86. The van der Waals surface area contributed by atoms with Gasteiger partial charge in [-0.3, -0.25) is 9.59 Å². The van der Waals surface area contributed by atoms with Crippen LogP contribution < -0.4 is 4.74 Å². The number of piperazine rings is 1. The number of hydrogen-bond donors (Lipinski definition) is 0. The number of carbonyl (C=O) groups is 2. The van der Waals surface area contributed by atoms with Gasteiger partial charge in [0, 0.05) is 31.7 Å². The van der Waals surface area contributed by atoms with Gasteiger partial charge in [0.15, 0.2) is 0 Å². The minimum Gasteiger partial charge on any atom is -0.497 e. The van der Waals surface area contributed by atoms with Crippen molar-refractivity contribution in [3.63, 3.8) is 0 Å². The predicted molar refractivity (Wildman–Crippen MR) is 111 cm³/mol. The van der Waals surface area contributed by atoms with Crippen molar-refractivity contribution in [1.29, 1.82) is 0 Å². The average molecular weight is 396 g/mol. The lowest BCUT2D eigenvalue weighted by Crippen LogP contribution is -2.52. The van der Waals surface area contributed by atoms with Crippen LogP contribution in [0, 0.1) is 6.92 Å². The molecule has 1 fully saturated rings. The Kier molecular flexibility index (Phi) is 6.88. The molecule has 0 radical (unpaired) electrons. The Morgan fingerprint density at radius 2 is 1.66 bits per heavy atom. The quantitative estimate of drug-likeness (QED) is 0.753. The summed E-state index contributed by atoms with van der Waals surface area (Å²) in [7, 11) is 1.62. The highest BCUT2D eigenvalue weighted by atomic mass is 16.5. The van der Waals surface area contributed by atoms with E-state index >= 15 is 0 Å². The monoisotopic (exact) mass is 396 g/mol. The Morgan fingerprint density at radius 3 is 2.31 bits per heavy atom. The molecule has 0 bridgehead atoms. The number of nitrogens with zero attached hydrogens (tertiary/aromatic N) is 2. The van der Waals surface area contributed by atoms with Gasteiger partial charge < -0.3 is 19.3 Å². The molecule has 154 valence electrons. The number of rotatable bonds is 6. The van der Waals surface area contributed by atoms with Crippen LogP contribution in [0.3, 0.4) is 0 Å². The fourth-order valence-electron chi connectivity index (χ4n) is 3.32. The molecule has 2 aromatic rings. The normalized spacial score (nSPS) is 15.1. The van der Waals surface area contributed by atoms with Crippen LogP contribution in [-0.4, -0.2) is 61.0 Å². The maximum Gasteiger partial charge on any atom is 0.253 e. The standard InChI is InChI=1S/C23H28N2O4/c1-17-7-9-20(10-8-17)23(27)25-13-11-24(12-14-25)22(26)18(2)29-16-19-5-4-6-21(15-19)28-3/h4-10,15,18H,11-14,16H2,1-3H3. The molecule has 0 N–H and O–H groups in total. The zero-order chi connectivity index (χ0) is 20.8. The molecule has 6 heteroatoms. The highest BCUT2D eigenvalue weighted by Crippen LogP contribution is 2.15. The van der Waals surface area contributed by atoms with Crippen molar-refractivity contribution < 1.29 is 19.1 Å². The molecule has 2 amide bonds. The number of methoxy groups -OCH3 is 1. The molecule has 3 rings (SSSR count). The smallest absolute Gasteiger partial charge is 0.253 e. The summed E-state index contributed by atoms with van der Waals surface area (Å²) >= 11 is 0. The van der Waals surface area contributed by atoms with Gasteiger partial charge in [-0.1, -0.05) is 29.8 Å². The average Bonchev–Trinajstić information content (AvgIpc) is 2.77. The minimum absolute atomic E-state index is 0.0134. The molecule has 0 saturated carbocycles. The van der Waals surface area contributed by atoms with Crippen molar-refractivity contribution in [2.45, 2.75) is 26.6 Å². The molecule has 6 nitrogen and oxygen atoms in total. The van der Waals surface area contributed by atoms with Crippen LogP contribution in [0.1, 0.15) is 28.4 Å². The lowest BCUT2D eigenvalue weighted by molar-refractivity contribution is -0.144. The van der Waals surface area contributed by atoms with Gasteiger partial charge >= 0.3 is 0 Å². The van der Waals surface area contributed by atoms with Crippen molar-refractivity contribution in [2.75, 3.05) is 33.3 Å². The second kappa shape index (κ2) is 9.56. The summed E-state index contributed by atoms with van der Waals surface area (Å²) in [4.78, 5) is 28.9. The third-order valence-corrected chi connectivity index (χ3v) is 5.16. The van der Waals surface area contributed by atoms with Crippen molar-refractivity contribution in [3.05, 3.63) is 65.2 Å². The molecule has 0 aromatic heterocycles. The molecule has 1 saturated heterocycles. The van der Waals surface area contributed by atoms with Gasteiger partial charge in [-0.15, -0.1) is 0 Å². The van der Waals surface area contributed by atoms with Crippen LogP contribution in [0.2, 0.25) is 0 Å². The van der Waals surface area contributed by atoms with Gasteiger partial charge in [-0.05, 0) is 43.7 Å². The Bertz CT molecular complexity index is 842. The molecule has 1 unspecified atom stereocenters. The first-order valence-corrected chi connectivity index (χ1v) is 9.87. The van der Waals surface area contributed by atoms with Crippen molar-refractivity contribution in [1.82, 2.24) is 9.80 Å². The Balaban J connectivity index is 1.48. The molecule has 0 aliphatic carbocycles. The third kappa shape index (κ3) is 5.35. The fourth-order valence-corrected chi connectivity index (χ4v) is 3.32. The molecule has 29 heavy (non-hydrogen) atoms. The topological polar surface area (TPSA) is 59.1 Å². The summed E-state index contributed by atoms with van der Waals surface area (Å²) in [5.41, 5.74) is 2.77. The van der Waals surface area contributed by atoms with Crippen molar-refractivity contribution in [3.8, 4) is 5.75 Å². The molecular formula is C23H28N2O4. The molecule has 1 atom stereocenters. The molecule has 1 aliphatic heterocycles. The number of ether oxygens (including phenoxy) is 2. The van der Waals surface area contributed by atoms with E-state index in [1.54, 1.807) is 23.8 Å². The number of hydrogen-bond acceptors (Lipinski definition) is 4. The van der Waals surface area contributed by atoms with E-state index in [1.807, 2.05) is 55.5 Å². The number of benzene rings is 2. The van der Waals surface area contributed by atoms with Crippen molar-refractivity contribution in [2.24, 2.45) is 0 Å². The third-order valence-electron chi connectivity index (χ3n) is 5.16. The lowest BCUT2D eigenvalue weighted by atomic mass is 10.1. The largest absolute Gasteiger partial charge is 0.497 e. The summed E-state index contributed by atoms with van der Waals surface area (Å²) in [5.74, 6) is 0.731. The zero-order valence-corrected chi connectivity index (χ0v) is 17.3. The predicted octanol–water partition coefficient (Wildman–Crippen LogP) is 2.89. The highest BCUT2D eigenvalue weighted by molar-refractivity contribution is 5.94. The first-order valence-electron chi connectivity index (χ1n) is 9.87. The van der Waals surface area contributed by atoms with E-state index in [9.17, 15) is 9.59 Å². The zero-order valence-electron chi connectivity index (χ0n) is 17.3. The Labute approximate surface area is 172 Å². The van der Waals surface area contributed by atoms with Crippen LogP contribution in [0.25, 0.3) is 0 Å². The van der Waals surface area contributed by atoms with E-state index in [0.717, 1.165) is 16.9 Å². The van der Waals surface area contributed by atoms with Gasteiger partial charge in [0.05, 0.1) is 13.7 Å². The summed E-state index contributed by atoms with van der Waals surface area (Å²) in [6.45, 7) is 6.20. The van der Waals surface area contributed by atoms with Gasteiger partial charge in [0.25, 0.3) is 11.8 Å². The maximum atomic E-state index is 12.7. The van der Waals surface area contributed by atoms with Crippen LogP contribution in [0.5, 0.6) is 5.75 Å². The molecular weight excluding hydrogens is 368 g/mol. The fraction of sp³-hybridized carbons (Fsp3) is 0.391. The number of aryl methyl sites for hydroxylation is 1. The van der Waals surface area contributed by atoms with Crippen LogP contribution in [0.4, 0.5) is 0 Å². The first kappa shape index (κ1) is 20.9. The molecule has 2 aromatic carbocycles. The number of carbonyl (C=O) groups excluding carboxylic acids is 2. The van der Waals surface area contributed by atoms with E-state index in [-0.39, 0.29) is 11.8 Å². The molecule has 1 aliphatic rings. The highest BCUT2D eigenvalue weighted by Gasteiger charge is 2.27. The van der Waals surface area contributed by atoms with Crippen LogP contribution >= 0.6 is 0 Å². The lowest BCUT2D eigenvalue weighted by Gasteiger charge is -2.36. The number of amides is 2. The molecule has 1 heterocycles.